The standard InChI is InChI=1S/C16H21N3O2/c1-18-8-4-3-6-12(18)10-15-17-11-14-13(16(20)21-2)7-5-9-19(14)15/h5,7,9,11-12H,3-4,6,8,10H2,1-2H3. The van der Waals surface area contributed by atoms with Crippen LogP contribution in [0.5, 0.6) is 0 Å². The van der Waals surface area contributed by atoms with Gasteiger partial charge in [0.2, 0.25) is 0 Å². The fourth-order valence-electron chi connectivity index (χ4n) is 3.12. The van der Waals surface area contributed by atoms with Crippen molar-refractivity contribution in [3.8, 4) is 0 Å². The molecule has 1 saturated heterocycles. The van der Waals surface area contributed by atoms with Crippen LogP contribution in [0.4, 0.5) is 0 Å². The average molecular weight is 287 g/mol. The van der Waals surface area contributed by atoms with Gasteiger partial charge in [-0.25, -0.2) is 9.78 Å². The van der Waals surface area contributed by atoms with Crippen LogP contribution in [0.15, 0.2) is 24.5 Å². The van der Waals surface area contributed by atoms with Crippen molar-refractivity contribution >= 4 is 11.5 Å². The van der Waals surface area contributed by atoms with Gasteiger partial charge in [0.25, 0.3) is 0 Å². The molecule has 0 amide bonds. The number of hydrogen-bond acceptors (Lipinski definition) is 4. The molecule has 0 saturated carbocycles. The van der Waals surface area contributed by atoms with E-state index < -0.39 is 0 Å². The first-order valence-electron chi connectivity index (χ1n) is 7.44. The number of esters is 1. The number of aromatic nitrogens is 2. The van der Waals surface area contributed by atoms with Crippen LogP contribution in [-0.4, -0.2) is 47.0 Å². The first-order chi connectivity index (χ1) is 10.2. The minimum absolute atomic E-state index is 0.318. The Labute approximate surface area is 124 Å². The van der Waals surface area contributed by atoms with Crippen molar-refractivity contribution < 1.29 is 9.53 Å². The second kappa shape index (κ2) is 5.85. The van der Waals surface area contributed by atoms with Crippen molar-refractivity contribution in [2.75, 3.05) is 20.7 Å². The molecule has 1 fully saturated rings. The van der Waals surface area contributed by atoms with Crippen LogP contribution < -0.4 is 0 Å². The van der Waals surface area contributed by atoms with Crippen LogP contribution >= 0.6 is 0 Å². The third-order valence-corrected chi connectivity index (χ3v) is 4.39. The van der Waals surface area contributed by atoms with E-state index >= 15 is 0 Å². The number of nitrogens with zero attached hydrogens (tertiary/aromatic N) is 3. The summed E-state index contributed by atoms with van der Waals surface area (Å²) in [5, 5.41) is 0. The number of carbonyl (C=O) groups excluding carboxylic acids is 1. The van der Waals surface area contributed by atoms with Gasteiger partial charge in [-0.2, -0.15) is 0 Å². The lowest BCUT2D eigenvalue weighted by Crippen LogP contribution is -2.38. The van der Waals surface area contributed by atoms with Gasteiger partial charge in [0.05, 0.1) is 24.4 Å². The molecule has 112 valence electrons. The molecular formula is C16H21N3O2. The number of imidazole rings is 1. The SMILES string of the molecule is COC(=O)c1cccn2c(CC3CCCCN3C)ncc12. The van der Waals surface area contributed by atoms with Crippen molar-refractivity contribution in [3.63, 3.8) is 0 Å². The molecule has 2 aromatic heterocycles. The Hall–Kier alpha value is -1.88. The Kier molecular flexibility index (Phi) is 3.92. The molecule has 0 bridgehead atoms. The lowest BCUT2D eigenvalue weighted by Gasteiger charge is -2.32. The summed E-state index contributed by atoms with van der Waals surface area (Å²) in [6, 6.07) is 4.18. The van der Waals surface area contributed by atoms with Crippen LogP contribution in [0.1, 0.15) is 35.4 Å². The first kappa shape index (κ1) is 14.1. The quantitative estimate of drug-likeness (QED) is 0.812. The monoisotopic (exact) mass is 287 g/mol. The zero-order valence-electron chi connectivity index (χ0n) is 12.6. The van der Waals surface area contributed by atoms with Crippen LogP contribution in [0.3, 0.4) is 0 Å². The van der Waals surface area contributed by atoms with Gasteiger partial charge in [-0.05, 0) is 38.6 Å². The van der Waals surface area contributed by atoms with Gasteiger partial charge in [-0.3, -0.25) is 0 Å². The Morgan fingerprint density at radius 2 is 2.33 bits per heavy atom. The van der Waals surface area contributed by atoms with Crippen molar-refractivity contribution in [1.29, 1.82) is 0 Å². The van der Waals surface area contributed by atoms with E-state index in [9.17, 15) is 4.79 Å². The maximum atomic E-state index is 11.8. The van der Waals surface area contributed by atoms with E-state index in [4.69, 9.17) is 4.74 Å². The Morgan fingerprint density at radius 1 is 1.48 bits per heavy atom. The van der Waals surface area contributed by atoms with Gasteiger partial charge in [0.1, 0.15) is 5.82 Å². The number of rotatable bonds is 3. The minimum Gasteiger partial charge on any atom is -0.465 e. The lowest BCUT2D eigenvalue weighted by molar-refractivity contribution is 0.0602. The van der Waals surface area contributed by atoms with E-state index in [-0.39, 0.29) is 5.97 Å². The number of carbonyl (C=O) groups is 1. The minimum atomic E-state index is -0.318. The summed E-state index contributed by atoms with van der Waals surface area (Å²) in [5.74, 6) is 0.691. The maximum absolute atomic E-state index is 11.8. The number of piperidine rings is 1. The molecule has 2 aromatic rings. The largest absolute Gasteiger partial charge is 0.465 e. The lowest BCUT2D eigenvalue weighted by atomic mass is 10.00. The average Bonchev–Trinajstić information content (AvgIpc) is 2.92. The van der Waals surface area contributed by atoms with E-state index in [2.05, 4.69) is 16.9 Å². The summed E-state index contributed by atoms with van der Waals surface area (Å²) in [6.45, 7) is 1.15. The second-order valence-corrected chi connectivity index (χ2v) is 5.68. The van der Waals surface area contributed by atoms with Crippen LogP contribution in [0.2, 0.25) is 0 Å². The summed E-state index contributed by atoms with van der Waals surface area (Å²) < 4.78 is 6.84. The molecule has 0 spiro atoms. The van der Waals surface area contributed by atoms with Gasteiger partial charge in [0, 0.05) is 18.7 Å². The highest BCUT2D eigenvalue weighted by molar-refractivity contribution is 5.96. The number of methoxy groups -OCH3 is 1. The van der Waals surface area contributed by atoms with Crippen molar-refractivity contribution in [2.45, 2.75) is 31.7 Å². The molecule has 5 heteroatoms. The normalized spacial score (nSPS) is 19.8. The van der Waals surface area contributed by atoms with E-state index in [1.54, 1.807) is 12.3 Å². The molecule has 0 aliphatic carbocycles. The zero-order valence-corrected chi connectivity index (χ0v) is 12.6. The molecule has 1 unspecified atom stereocenters. The molecule has 0 radical (unpaired) electrons. The van der Waals surface area contributed by atoms with Crippen LogP contribution in [-0.2, 0) is 11.2 Å². The van der Waals surface area contributed by atoms with Gasteiger partial charge in [-0.1, -0.05) is 6.42 Å². The predicted molar refractivity (Wildman–Crippen MR) is 80.5 cm³/mol. The van der Waals surface area contributed by atoms with E-state index in [1.807, 2.05) is 16.7 Å². The van der Waals surface area contributed by atoms with Gasteiger partial charge in [0.15, 0.2) is 0 Å². The van der Waals surface area contributed by atoms with Gasteiger partial charge < -0.3 is 14.0 Å². The molecular weight excluding hydrogens is 266 g/mol. The number of hydrogen-bond donors (Lipinski definition) is 0. The van der Waals surface area contributed by atoms with Crippen LogP contribution in [0, 0.1) is 0 Å². The Bertz CT molecular complexity index is 650. The molecule has 1 atom stereocenters. The molecule has 1 aliphatic rings. The van der Waals surface area contributed by atoms with Gasteiger partial charge >= 0.3 is 5.97 Å². The van der Waals surface area contributed by atoms with Crippen molar-refractivity contribution in [3.05, 3.63) is 35.9 Å². The molecule has 1 aliphatic heterocycles. The third-order valence-electron chi connectivity index (χ3n) is 4.39. The molecule has 0 aromatic carbocycles. The first-order valence-corrected chi connectivity index (χ1v) is 7.44. The topological polar surface area (TPSA) is 46.8 Å². The van der Waals surface area contributed by atoms with Crippen molar-refractivity contribution in [2.24, 2.45) is 0 Å². The third kappa shape index (κ3) is 2.65. The second-order valence-electron chi connectivity index (χ2n) is 5.68. The van der Waals surface area contributed by atoms with Crippen molar-refractivity contribution in [1.82, 2.24) is 14.3 Å². The van der Waals surface area contributed by atoms with E-state index in [0.29, 0.717) is 11.6 Å². The zero-order chi connectivity index (χ0) is 14.8. The van der Waals surface area contributed by atoms with Gasteiger partial charge in [-0.15, -0.1) is 0 Å². The maximum Gasteiger partial charge on any atom is 0.340 e. The summed E-state index contributed by atoms with van der Waals surface area (Å²) in [4.78, 5) is 18.7. The molecule has 3 heterocycles. The van der Waals surface area contributed by atoms with E-state index in [0.717, 1.165) is 24.3 Å². The predicted octanol–water partition coefficient (Wildman–Crippen LogP) is 2.15. The molecule has 3 rings (SSSR count). The highest BCUT2D eigenvalue weighted by Crippen LogP contribution is 2.20. The number of likely N-dealkylation sites (tertiary alicyclic amines) is 1. The summed E-state index contributed by atoms with van der Waals surface area (Å²) >= 11 is 0. The Morgan fingerprint density at radius 3 is 3.10 bits per heavy atom. The smallest absolute Gasteiger partial charge is 0.340 e. The Balaban J connectivity index is 1.91. The molecule has 21 heavy (non-hydrogen) atoms. The number of ether oxygens (including phenoxy) is 1. The number of pyridine rings is 1. The van der Waals surface area contributed by atoms with E-state index in [1.165, 1.54) is 26.4 Å². The molecule has 5 nitrogen and oxygen atoms in total. The highest BCUT2D eigenvalue weighted by atomic mass is 16.5. The number of fused-ring (bicyclic) bond motifs is 1. The number of likely N-dealkylation sites (N-methyl/N-ethyl adjacent to an activating group) is 1. The fraction of sp³-hybridized carbons (Fsp3) is 0.500. The summed E-state index contributed by atoms with van der Waals surface area (Å²) in [6.07, 6.45) is 8.42. The van der Waals surface area contributed by atoms with Crippen LogP contribution in [0.25, 0.3) is 5.52 Å². The fourth-order valence-corrected chi connectivity index (χ4v) is 3.12. The highest BCUT2D eigenvalue weighted by Gasteiger charge is 2.21. The summed E-state index contributed by atoms with van der Waals surface area (Å²) in [7, 11) is 3.58. The molecule has 0 N–H and O–H groups in total. The summed E-state index contributed by atoms with van der Waals surface area (Å²) in [5.41, 5.74) is 1.38.